The number of amides is 1. The van der Waals surface area contributed by atoms with Crippen LogP contribution in [0.25, 0.3) is 0 Å². The minimum absolute atomic E-state index is 0.119. The van der Waals surface area contributed by atoms with Crippen molar-refractivity contribution in [3.63, 3.8) is 0 Å². The van der Waals surface area contributed by atoms with Crippen LogP contribution in [-0.4, -0.2) is 50.2 Å². The second kappa shape index (κ2) is 9.51. The summed E-state index contributed by atoms with van der Waals surface area (Å²) in [6.07, 6.45) is 9.68. The summed E-state index contributed by atoms with van der Waals surface area (Å²) in [4.78, 5) is 21.7. The first-order valence-corrected chi connectivity index (χ1v) is 9.96. The van der Waals surface area contributed by atoms with Crippen molar-refractivity contribution in [2.75, 3.05) is 38.1 Å². The first kappa shape index (κ1) is 20.1. The third kappa shape index (κ3) is 5.42. The zero-order valence-corrected chi connectivity index (χ0v) is 16.9. The third-order valence-electron chi connectivity index (χ3n) is 5.16. The zero-order valence-electron chi connectivity index (χ0n) is 16.9. The summed E-state index contributed by atoms with van der Waals surface area (Å²) in [6.45, 7) is 9.99. The van der Waals surface area contributed by atoms with Gasteiger partial charge in [0.05, 0.1) is 0 Å². The van der Waals surface area contributed by atoms with Gasteiger partial charge in [0.2, 0.25) is 0 Å². The SMILES string of the molecule is C=CCC(C)/C=C1/C=NC(NC(=O)c2cccc(N3CCN(C)CC3)c2)=CC1. The molecule has 1 saturated heterocycles. The van der Waals surface area contributed by atoms with E-state index in [0.29, 0.717) is 17.3 Å². The molecular weight excluding hydrogens is 348 g/mol. The fourth-order valence-corrected chi connectivity index (χ4v) is 3.46. The Morgan fingerprint density at radius 2 is 2.11 bits per heavy atom. The minimum Gasteiger partial charge on any atom is -0.369 e. The average molecular weight is 379 g/mol. The van der Waals surface area contributed by atoms with Gasteiger partial charge in [0.25, 0.3) is 5.91 Å². The van der Waals surface area contributed by atoms with Gasteiger partial charge in [0.1, 0.15) is 5.82 Å². The molecule has 148 valence electrons. The lowest BCUT2D eigenvalue weighted by molar-refractivity contribution is 0.0965. The van der Waals surface area contributed by atoms with Crippen LogP contribution in [-0.2, 0) is 0 Å². The largest absolute Gasteiger partial charge is 0.369 e. The highest BCUT2D eigenvalue weighted by Crippen LogP contribution is 2.19. The van der Waals surface area contributed by atoms with Gasteiger partial charge in [0.15, 0.2) is 0 Å². The van der Waals surface area contributed by atoms with E-state index in [2.05, 4.69) is 52.8 Å². The molecule has 0 aromatic heterocycles. The Morgan fingerprint density at radius 1 is 1.32 bits per heavy atom. The lowest BCUT2D eigenvalue weighted by Gasteiger charge is -2.34. The van der Waals surface area contributed by atoms with Crippen molar-refractivity contribution in [1.82, 2.24) is 10.2 Å². The number of piperazine rings is 1. The van der Waals surface area contributed by atoms with Crippen LogP contribution in [0.5, 0.6) is 0 Å². The maximum atomic E-state index is 12.7. The smallest absolute Gasteiger partial charge is 0.256 e. The molecule has 1 atom stereocenters. The molecule has 0 aliphatic carbocycles. The molecule has 28 heavy (non-hydrogen) atoms. The zero-order chi connectivity index (χ0) is 19.9. The number of carbonyl (C=O) groups is 1. The van der Waals surface area contributed by atoms with Crippen LogP contribution in [0.1, 0.15) is 30.1 Å². The van der Waals surface area contributed by atoms with Crippen molar-refractivity contribution in [2.24, 2.45) is 10.9 Å². The lowest BCUT2D eigenvalue weighted by Crippen LogP contribution is -2.44. The number of hydrogen-bond acceptors (Lipinski definition) is 4. The molecule has 1 aromatic carbocycles. The molecule has 2 aliphatic rings. The van der Waals surface area contributed by atoms with E-state index in [1.54, 1.807) is 0 Å². The Kier molecular flexibility index (Phi) is 6.82. The Bertz CT molecular complexity index is 801. The minimum atomic E-state index is -0.119. The van der Waals surface area contributed by atoms with E-state index in [-0.39, 0.29) is 5.91 Å². The monoisotopic (exact) mass is 378 g/mol. The number of aliphatic imine (C=N–C) groups is 1. The summed E-state index contributed by atoms with van der Waals surface area (Å²) in [6, 6.07) is 7.84. The number of benzene rings is 1. The molecule has 0 radical (unpaired) electrons. The van der Waals surface area contributed by atoms with Crippen LogP contribution in [0.4, 0.5) is 5.69 Å². The number of nitrogens with one attached hydrogen (secondary N) is 1. The summed E-state index contributed by atoms with van der Waals surface area (Å²) in [5.74, 6) is 0.941. The van der Waals surface area contributed by atoms with Gasteiger partial charge >= 0.3 is 0 Å². The summed E-state index contributed by atoms with van der Waals surface area (Å²) < 4.78 is 0. The van der Waals surface area contributed by atoms with Gasteiger partial charge < -0.3 is 15.1 Å². The molecule has 3 rings (SSSR count). The molecule has 1 N–H and O–H groups in total. The number of nitrogens with zero attached hydrogens (tertiary/aromatic N) is 3. The van der Waals surface area contributed by atoms with E-state index >= 15 is 0 Å². The van der Waals surface area contributed by atoms with Crippen molar-refractivity contribution < 1.29 is 4.79 Å². The third-order valence-corrected chi connectivity index (χ3v) is 5.16. The molecule has 5 nitrogen and oxygen atoms in total. The molecule has 0 saturated carbocycles. The number of carbonyl (C=O) groups excluding carboxylic acids is 1. The van der Waals surface area contributed by atoms with Crippen LogP contribution in [0.3, 0.4) is 0 Å². The molecule has 1 unspecified atom stereocenters. The number of rotatable bonds is 6. The standard InChI is InChI=1S/C23H30N4O/c1-4-6-18(2)15-19-9-10-22(24-17-19)25-23(28)20-7-5-8-21(16-20)27-13-11-26(3)12-14-27/h4-5,7-8,10,15-18H,1,6,9,11-14H2,2-3H3,(H,25,28)/b19-15+. The molecule has 0 spiro atoms. The highest BCUT2D eigenvalue weighted by atomic mass is 16.1. The number of likely N-dealkylation sites (N-methyl/N-ethyl adjacent to an activating group) is 1. The maximum absolute atomic E-state index is 12.7. The lowest BCUT2D eigenvalue weighted by atomic mass is 10.0. The topological polar surface area (TPSA) is 47.9 Å². The quantitative estimate of drug-likeness (QED) is 0.769. The van der Waals surface area contributed by atoms with E-state index in [1.807, 2.05) is 36.6 Å². The van der Waals surface area contributed by atoms with Crippen LogP contribution in [0, 0.1) is 5.92 Å². The normalized spacial score (nSPS) is 20.0. The number of anilines is 1. The van der Waals surface area contributed by atoms with Gasteiger partial charge in [-0.2, -0.15) is 0 Å². The van der Waals surface area contributed by atoms with Crippen LogP contribution < -0.4 is 10.2 Å². The molecule has 2 heterocycles. The Balaban J connectivity index is 1.60. The first-order valence-electron chi connectivity index (χ1n) is 9.96. The molecule has 1 amide bonds. The Labute approximate surface area is 168 Å². The van der Waals surface area contributed by atoms with E-state index in [1.165, 1.54) is 5.57 Å². The van der Waals surface area contributed by atoms with E-state index in [9.17, 15) is 4.79 Å². The van der Waals surface area contributed by atoms with Crippen molar-refractivity contribution in [2.45, 2.75) is 19.8 Å². The predicted molar refractivity (Wildman–Crippen MR) is 117 cm³/mol. The fraction of sp³-hybridized carbons (Fsp3) is 0.391. The van der Waals surface area contributed by atoms with Gasteiger partial charge in [0, 0.05) is 43.6 Å². The van der Waals surface area contributed by atoms with Crippen LogP contribution >= 0.6 is 0 Å². The number of allylic oxidation sites excluding steroid dienone is 4. The molecule has 1 fully saturated rings. The van der Waals surface area contributed by atoms with E-state index < -0.39 is 0 Å². The van der Waals surface area contributed by atoms with E-state index in [4.69, 9.17) is 0 Å². The average Bonchev–Trinajstić information content (AvgIpc) is 2.70. The predicted octanol–water partition coefficient (Wildman–Crippen LogP) is 3.62. The summed E-state index contributed by atoms with van der Waals surface area (Å²) in [5, 5.41) is 2.93. The second-order valence-corrected chi connectivity index (χ2v) is 7.59. The van der Waals surface area contributed by atoms with Gasteiger partial charge in [-0.3, -0.25) is 4.79 Å². The number of hydrogen-bond donors (Lipinski definition) is 1. The maximum Gasteiger partial charge on any atom is 0.256 e. The van der Waals surface area contributed by atoms with Crippen molar-refractivity contribution in [3.8, 4) is 0 Å². The van der Waals surface area contributed by atoms with Crippen LogP contribution in [0.2, 0.25) is 0 Å². The molecule has 2 aliphatic heterocycles. The van der Waals surface area contributed by atoms with Crippen molar-refractivity contribution >= 4 is 17.8 Å². The summed E-state index contributed by atoms with van der Waals surface area (Å²) in [7, 11) is 2.14. The van der Waals surface area contributed by atoms with E-state index in [0.717, 1.165) is 44.7 Å². The first-order chi connectivity index (χ1) is 13.5. The van der Waals surface area contributed by atoms with Crippen molar-refractivity contribution in [1.29, 1.82) is 0 Å². The molecule has 0 bridgehead atoms. The highest BCUT2D eigenvalue weighted by Gasteiger charge is 2.16. The summed E-state index contributed by atoms with van der Waals surface area (Å²) in [5.41, 5.74) is 2.93. The Morgan fingerprint density at radius 3 is 2.79 bits per heavy atom. The highest BCUT2D eigenvalue weighted by molar-refractivity contribution is 5.96. The van der Waals surface area contributed by atoms with Gasteiger partial charge in [-0.15, -0.1) is 6.58 Å². The van der Waals surface area contributed by atoms with Gasteiger partial charge in [-0.05, 0) is 55.7 Å². The van der Waals surface area contributed by atoms with Crippen LogP contribution in [0.15, 0.2) is 65.5 Å². The molecule has 5 heteroatoms. The second-order valence-electron chi connectivity index (χ2n) is 7.59. The van der Waals surface area contributed by atoms with Gasteiger partial charge in [-0.1, -0.05) is 25.1 Å². The Hall–Kier alpha value is -2.66. The summed E-state index contributed by atoms with van der Waals surface area (Å²) >= 11 is 0. The van der Waals surface area contributed by atoms with Gasteiger partial charge in [-0.25, -0.2) is 4.99 Å². The van der Waals surface area contributed by atoms with Crippen molar-refractivity contribution in [3.05, 3.63) is 66.0 Å². The fourth-order valence-electron chi connectivity index (χ4n) is 3.46. The molecule has 1 aromatic rings. The molecular formula is C23H30N4O.